The van der Waals surface area contributed by atoms with Crippen molar-refractivity contribution < 1.29 is 161 Å². The zero-order valence-corrected chi connectivity index (χ0v) is 52.7. The van der Waals surface area contributed by atoms with E-state index in [2.05, 4.69) is 9.97 Å². The summed E-state index contributed by atoms with van der Waals surface area (Å²) >= 11 is 0. The summed E-state index contributed by atoms with van der Waals surface area (Å²) in [5.74, 6) is -2.08. The molecule has 0 bridgehead atoms. The van der Waals surface area contributed by atoms with Crippen LogP contribution in [0.25, 0.3) is 0 Å². The number of hydrogen-bond donors (Lipinski definition) is 0. The fourth-order valence-electron chi connectivity index (χ4n) is 5.34. The van der Waals surface area contributed by atoms with E-state index in [1.807, 2.05) is 0 Å². The van der Waals surface area contributed by atoms with Crippen LogP contribution in [-0.4, -0.2) is 103 Å². The van der Waals surface area contributed by atoms with E-state index in [1.54, 1.807) is 104 Å². The van der Waals surface area contributed by atoms with Gasteiger partial charge in [0.25, 0.3) is 11.1 Å². The van der Waals surface area contributed by atoms with E-state index >= 15 is 0 Å². The van der Waals surface area contributed by atoms with Crippen LogP contribution in [0.3, 0.4) is 0 Å². The van der Waals surface area contributed by atoms with Crippen molar-refractivity contribution in [3.05, 3.63) is 151 Å². The Morgan fingerprint density at radius 1 is 0.380 bits per heavy atom. The van der Waals surface area contributed by atoms with Gasteiger partial charge in [0.05, 0.1) is 0 Å². The number of rotatable bonds is 8. The molecule has 79 heavy (non-hydrogen) atoms. The van der Waals surface area contributed by atoms with E-state index in [-0.39, 0.29) is 164 Å². The van der Waals surface area contributed by atoms with Crippen LogP contribution < -0.4 is 30.6 Å². The summed E-state index contributed by atoms with van der Waals surface area (Å²) in [5, 5.41) is 84.4. The first-order valence-corrected chi connectivity index (χ1v) is 23.0. The summed E-state index contributed by atoms with van der Waals surface area (Å²) in [6, 6.07) is 10.4. The van der Waals surface area contributed by atoms with Crippen LogP contribution in [0, 0.1) is 97.5 Å². The van der Waals surface area contributed by atoms with Crippen molar-refractivity contribution >= 4 is 46.4 Å². The van der Waals surface area contributed by atoms with Gasteiger partial charge in [0.2, 0.25) is 22.5 Å². The fraction of sp³-hybridized carbons (Fsp3) is 0.444. The molecular formula is C54H76N6O17Tb2-4. The average Bonchev–Trinajstić information content (AvgIpc) is 3.42. The van der Waals surface area contributed by atoms with E-state index in [4.69, 9.17) is 0 Å². The van der Waals surface area contributed by atoms with Crippen LogP contribution >= 0.6 is 0 Å². The molecule has 23 nitrogen and oxygen atoms in total. The van der Waals surface area contributed by atoms with Crippen LogP contribution in [-0.2, 0) is 28.8 Å². The van der Waals surface area contributed by atoms with Crippen LogP contribution in [0.5, 0.6) is 0 Å². The summed E-state index contributed by atoms with van der Waals surface area (Å²) in [6.07, 6.45) is 9.48. The Bertz CT molecular complexity index is 2290. The monoisotopic (exact) mass is 1400 g/mol. The number of carbonyl (C=O) groups is 6. The minimum atomic E-state index is -0.790. The molecule has 0 amide bonds. The molecule has 0 aromatic carbocycles. The van der Waals surface area contributed by atoms with Crippen molar-refractivity contribution in [3.8, 4) is 0 Å². The second-order valence-corrected chi connectivity index (χ2v) is 18.7. The molecule has 2 N–H and O–H groups in total. The molecular weight excluding hydrogens is 1320 g/mol. The molecule has 0 spiro atoms. The predicted molar refractivity (Wildman–Crippen MR) is 278 cm³/mol. The van der Waals surface area contributed by atoms with Crippen LogP contribution in [0.1, 0.15) is 150 Å². The van der Waals surface area contributed by atoms with Gasteiger partial charge in [0.1, 0.15) is 9.52 Å². The average molecular weight is 1400 g/mol. The topological polar surface area (TPSA) is 390 Å². The Balaban J connectivity index is -0.000000156. The first kappa shape index (κ1) is 87.1. The molecule has 0 unspecified atom stereocenters. The Labute approximate surface area is 524 Å². The molecule has 0 fully saturated rings. The van der Waals surface area contributed by atoms with Gasteiger partial charge in [0.15, 0.2) is 34.7 Å². The number of carbonyl (C=O) groups excluding carboxylic acids is 6. The van der Waals surface area contributed by atoms with Gasteiger partial charge >= 0.3 is 11.7 Å². The summed E-state index contributed by atoms with van der Waals surface area (Å²) in [5.41, 5.74) is -2.33. The Morgan fingerprint density at radius 3 is 0.646 bits per heavy atom. The minimum Gasteiger partial charge on any atom is -0.876 e. The third-order valence-electron chi connectivity index (χ3n) is 10.0. The van der Waals surface area contributed by atoms with Crippen molar-refractivity contribution in [1.82, 2.24) is 9.97 Å². The van der Waals surface area contributed by atoms with Gasteiger partial charge in [-0.1, -0.05) is 53.7 Å². The van der Waals surface area contributed by atoms with E-state index in [0.29, 0.717) is 11.4 Å². The summed E-state index contributed by atoms with van der Waals surface area (Å²) in [7, 11) is 0. The minimum absolute atomic E-state index is 0. The first-order valence-electron chi connectivity index (χ1n) is 23.0. The zero-order valence-electron chi connectivity index (χ0n) is 48.5. The standard InChI is InChI=1S/2C12H16N3O2.6C5H8O2.H2O.2Tb/c2*1-11(2)12(3,4)15(17)10(14(11)16)9-7-5-6-8-13-9;6*1-4(6)3-5(2)7;;;/h2*5-8H,1-4H3;6*3,6H,1-2H3;1H2;;/q2*+1;;;;;;;;;/p-6/b;;6*4-3-;;;. The predicted octanol–water partition coefficient (Wildman–Crippen LogP) is 1.59. The summed E-state index contributed by atoms with van der Waals surface area (Å²) in [6.45, 7) is 30.3. The molecule has 2 aromatic rings. The summed E-state index contributed by atoms with van der Waals surface area (Å²) < 4.78 is 3.06. The van der Waals surface area contributed by atoms with E-state index in [1.165, 1.54) is 83.1 Å². The van der Waals surface area contributed by atoms with Crippen molar-refractivity contribution in [3.63, 3.8) is 0 Å². The first-order chi connectivity index (χ1) is 34.4. The number of nitroso groups, excluding NO2 is 2. The van der Waals surface area contributed by atoms with Crippen LogP contribution in [0.4, 0.5) is 0 Å². The fourth-order valence-corrected chi connectivity index (χ4v) is 5.34. The van der Waals surface area contributed by atoms with Gasteiger partial charge in [-0.15, -0.1) is 44.0 Å². The molecule has 0 saturated heterocycles. The van der Waals surface area contributed by atoms with E-state index in [0.717, 1.165) is 55.5 Å². The summed E-state index contributed by atoms with van der Waals surface area (Å²) in [4.78, 5) is 92.5. The molecule has 0 saturated carbocycles. The maximum Gasteiger partial charge on any atom is 0.523 e. The number of nitrogens with zero attached hydrogens (tertiary/aromatic N) is 6. The molecule has 25 heteroatoms. The third-order valence-corrected chi connectivity index (χ3v) is 10.0. The van der Waals surface area contributed by atoms with Crippen molar-refractivity contribution in [2.75, 3.05) is 0 Å². The zero-order chi connectivity index (χ0) is 60.9. The second-order valence-electron chi connectivity index (χ2n) is 18.7. The molecule has 4 heterocycles. The maximum absolute atomic E-state index is 12.3. The van der Waals surface area contributed by atoms with Gasteiger partial charge in [-0.3, -0.25) is 28.8 Å². The number of ketones is 6. The van der Waals surface area contributed by atoms with Crippen molar-refractivity contribution in [2.24, 2.45) is 0 Å². The van der Waals surface area contributed by atoms with Gasteiger partial charge in [-0.25, -0.2) is 9.97 Å². The number of aromatic nitrogens is 2. The SMILES string of the molecule is CC(=O)/C=C(/C)[O-].CC(=O)/C=C(/C)[O-].CC(=O)/C=C(/C)[O-].CC(=O)/C=C(/C)[O-].CC(=O)/C=C(/C)[O-].CC(=O)/C=C(/C)[O-].CC1(C)[N+](=O)C(c2ccccn2)=[N+]([O-])C1(C)C.CC1(C)[N+](=O)C(c2ccccn2)=[N+]([O-])C1(C)C.O.[Tb].[Tb]. The second kappa shape index (κ2) is 41.3. The van der Waals surface area contributed by atoms with Crippen LogP contribution in [0.15, 0.2) is 120 Å². The van der Waals surface area contributed by atoms with Gasteiger partial charge < -0.3 is 46.5 Å². The quantitative estimate of drug-likeness (QED) is 0.157. The largest absolute Gasteiger partial charge is 0.876 e. The van der Waals surface area contributed by atoms with Crippen LogP contribution in [0.2, 0.25) is 0 Å². The molecule has 2 aliphatic rings. The smallest absolute Gasteiger partial charge is 0.523 e. The molecule has 2 aliphatic heterocycles. The number of allylic oxidation sites excluding steroid dienone is 12. The number of amidine groups is 2. The van der Waals surface area contributed by atoms with Crippen molar-refractivity contribution in [2.45, 2.75) is 161 Å². The molecule has 0 atom stereocenters. The Hall–Kier alpha value is -5.77. The van der Waals surface area contributed by atoms with E-state index < -0.39 is 22.2 Å². The number of hydrogen-bond acceptors (Lipinski definition) is 18. The van der Waals surface area contributed by atoms with Crippen molar-refractivity contribution in [1.29, 1.82) is 0 Å². The molecule has 0 aliphatic carbocycles. The number of pyridine rings is 2. The normalized spacial score (nSPS) is 15.5. The number of hydroxylamine groups is 2. The third kappa shape index (κ3) is 35.5. The van der Waals surface area contributed by atoms with E-state index in [9.17, 15) is 79.6 Å². The Kier molecular flexibility index (Phi) is 45.5. The molecule has 2 radical (unpaired) electrons. The molecule has 446 valence electrons. The van der Waals surface area contributed by atoms with Gasteiger partial charge in [0, 0.05) is 155 Å². The molecule has 2 aromatic heterocycles. The molecule has 4 rings (SSSR count). The Morgan fingerprint density at radius 2 is 0.557 bits per heavy atom. The maximum atomic E-state index is 12.3. The van der Waals surface area contributed by atoms with Gasteiger partial charge in [-0.2, -0.15) is 0 Å². The van der Waals surface area contributed by atoms with Gasteiger partial charge in [-0.05, 0) is 102 Å².